The van der Waals surface area contributed by atoms with E-state index in [1.807, 2.05) is 11.0 Å². The molecule has 3 saturated heterocycles. The fourth-order valence-corrected chi connectivity index (χ4v) is 4.76. The van der Waals surface area contributed by atoms with Crippen molar-refractivity contribution in [3.05, 3.63) is 30.6 Å². The molecule has 1 aromatic heterocycles. The standard InChI is InChI=1S/C20H24N4O2/c25-19(18-3-1-12-26-18)23-10-2-6-20(14-23)7-11-24(20)15-4-5-16-17(13-15)22-9-8-21-16/h4-5,8-9,13,18H,1-3,6-7,10-12,14H2/t18-,20-/m1/s1. The van der Waals surface area contributed by atoms with Crippen LogP contribution in [0.25, 0.3) is 11.0 Å². The minimum atomic E-state index is -0.213. The molecule has 3 aliphatic heterocycles. The second-order valence-electron chi connectivity index (χ2n) is 7.72. The second kappa shape index (κ2) is 6.20. The van der Waals surface area contributed by atoms with Crippen molar-refractivity contribution in [2.75, 3.05) is 31.1 Å². The third-order valence-electron chi connectivity index (χ3n) is 6.21. The van der Waals surface area contributed by atoms with E-state index in [-0.39, 0.29) is 17.6 Å². The van der Waals surface area contributed by atoms with E-state index in [1.165, 1.54) is 5.69 Å². The van der Waals surface area contributed by atoms with Crippen LogP contribution in [0.4, 0.5) is 5.69 Å². The first-order chi connectivity index (χ1) is 12.8. The first-order valence-corrected chi connectivity index (χ1v) is 9.64. The Morgan fingerprint density at radius 3 is 2.77 bits per heavy atom. The lowest BCUT2D eigenvalue weighted by Crippen LogP contribution is -2.68. The van der Waals surface area contributed by atoms with Crippen LogP contribution in [0.15, 0.2) is 30.6 Å². The Labute approximate surface area is 153 Å². The lowest BCUT2D eigenvalue weighted by molar-refractivity contribution is -0.143. The monoisotopic (exact) mass is 352 g/mol. The lowest BCUT2D eigenvalue weighted by Gasteiger charge is -2.58. The zero-order valence-corrected chi connectivity index (χ0v) is 14.9. The summed E-state index contributed by atoms with van der Waals surface area (Å²) in [6.07, 6.45) is 8.46. The van der Waals surface area contributed by atoms with Crippen molar-refractivity contribution in [1.29, 1.82) is 0 Å². The molecule has 0 aliphatic carbocycles. The predicted octanol–water partition coefficient (Wildman–Crippen LogP) is 2.38. The number of likely N-dealkylation sites (tertiary alicyclic amines) is 1. The highest BCUT2D eigenvalue weighted by Crippen LogP contribution is 2.42. The topological polar surface area (TPSA) is 58.6 Å². The molecule has 26 heavy (non-hydrogen) atoms. The molecule has 1 aromatic carbocycles. The van der Waals surface area contributed by atoms with Crippen molar-refractivity contribution in [3.63, 3.8) is 0 Å². The van der Waals surface area contributed by atoms with E-state index in [2.05, 4.69) is 27.0 Å². The normalized spacial score (nSPS) is 28.5. The molecular weight excluding hydrogens is 328 g/mol. The number of hydrogen-bond donors (Lipinski definition) is 0. The number of ether oxygens (including phenoxy) is 1. The van der Waals surface area contributed by atoms with Gasteiger partial charge in [0.1, 0.15) is 6.10 Å². The smallest absolute Gasteiger partial charge is 0.251 e. The molecular formula is C20H24N4O2. The highest BCUT2D eigenvalue weighted by molar-refractivity contribution is 5.82. The van der Waals surface area contributed by atoms with Gasteiger partial charge in [-0.25, -0.2) is 0 Å². The van der Waals surface area contributed by atoms with Crippen LogP contribution in [0.3, 0.4) is 0 Å². The number of hydrogen-bond acceptors (Lipinski definition) is 5. The summed E-state index contributed by atoms with van der Waals surface area (Å²) in [6.45, 7) is 3.43. The summed E-state index contributed by atoms with van der Waals surface area (Å²) >= 11 is 0. The maximum atomic E-state index is 12.8. The molecule has 0 bridgehead atoms. The fourth-order valence-electron chi connectivity index (χ4n) is 4.76. The molecule has 6 nitrogen and oxygen atoms in total. The van der Waals surface area contributed by atoms with Crippen LogP contribution >= 0.6 is 0 Å². The van der Waals surface area contributed by atoms with Gasteiger partial charge in [0.05, 0.1) is 16.6 Å². The molecule has 1 spiro atoms. The summed E-state index contributed by atoms with van der Waals surface area (Å²) < 4.78 is 5.63. The minimum absolute atomic E-state index is 0.0718. The average molecular weight is 352 g/mol. The van der Waals surface area contributed by atoms with Crippen LogP contribution < -0.4 is 4.90 Å². The van der Waals surface area contributed by atoms with E-state index >= 15 is 0 Å². The number of fused-ring (bicyclic) bond motifs is 1. The highest BCUT2D eigenvalue weighted by atomic mass is 16.5. The van der Waals surface area contributed by atoms with Crippen molar-refractivity contribution in [1.82, 2.24) is 14.9 Å². The molecule has 2 aromatic rings. The average Bonchev–Trinajstić information content (AvgIpc) is 3.21. The number of aromatic nitrogens is 2. The number of anilines is 1. The van der Waals surface area contributed by atoms with Crippen molar-refractivity contribution in [3.8, 4) is 0 Å². The summed E-state index contributed by atoms with van der Waals surface area (Å²) in [5, 5.41) is 0. The van der Waals surface area contributed by atoms with Crippen LogP contribution in [-0.2, 0) is 9.53 Å². The lowest BCUT2D eigenvalue weighted by atomic mass is 9.77. The van der Waals surface area contributed by atoms with Gasteiger partial charge in [-0.1, -0.05) is 0 Å². The van der Waals surface area contributed by atoms with Crippen LogP contribution in [0.5, 0.6) is 0 Å². The van der Waals surface area contributed by atoms with E-state index < -0.39 is 0 Å². The van der Waals surface area contributed by atoms with Gasteiger partial charge in [0.2, 0.25) is 0 Å². The van der Waals surface area contributed by atoms with Gasteiger partial charge in [0.25, 0.3) is 5.91 Å². The van der Waals surface area contributed by atoms with Gasteiger partial charge >= 0.3 is 0 Å². The third kappa shape index (κ3) is 2.55. The number of carbonyl (C=O) groups excluding carboxylic acids is 1. The van der Waals surface area contributed by atoms with E-state index in [1.54, 1.807) is 12.4 Å². The van der Waals surface area contributed by atoms with Gasteiger partial charge in [-0.15, -0.1) is 0 Å². The maximum absolute atomic E-state index is 12.8. The molecule has 3 fully saturated rings. The zero-order valence-electron chi connectivity index (χ0n) is 14.9. The summed E-state index contributed by atoms with van der Waals surface area (Å²) in [6, 6.07) is 6.31. The summed E-state index contributed by atoms with van der Waals surface area (Å²) in [5.41, 5.74) is 3.11. The van der Waals surface area contributed by atoms with Crippen molar-refractivity contribution in [2.45, 2.75) is 43.7 Å². The predicted molar refractivity (Wildman–Crippen MR) is 99.0 cm³/mol. The molecule has 2 atom stereocenters. The molecule has 0 unspecified atom stereocenters. The zero-order chi connectivity index (χ0) is 17.6. The summed E-state index contributed by atoms with van der Waals surface area (Å²) in [4.78, 5) is 26.1. The summed E-state index contributed by atoms with van der Waals surface area (Å²) in [7, 11) is 0. The molecule has 0 saturated carbocycles. The molecule has 5 rings (SSSR count). The maximum Gasteiger partial charge on any atom is 0.251 e. The number of amides is 1. The Kier molecular flexibility index (Phi) is 3.81. The Morgan fingerprint density at radius 2 is 2.00 bits per heavy atom. The first-order valence-electron chi connectivity index (χ1n) is 9.64. The van der Waals surface area contributed by atoms with Gasteiger partial charge in [-0.2, -0.15) is 0 Å². The molecule has 3 aliphatic rings. The third-order valence-corrected chi connectivity index (χ3v) is 6.21. The first kappa shape index (κ1) is 16.0. The van der Waals surface area contributed by atoms with Crippen LogP contribution in [0, 0.1) is 0 Å². The summed E-state index contributed by atoms with van der Waals surface area (Å²) in [5.74, 6) is 0.192. The van der Waals surface area contributed by atoms with E-state index in [4.69, 9.17) is 4.74 Å². The number of nitrogens with zero attached hydrogens (tertiary/aromatic N) is 4. The van der Waals surface area contributed by atoms with Crippen LogP contribution in [0.2, 0.25) is 0 Å². The fraction of sp³-hybridized carbons (Fsp3) is 0.550. The van der Waals surface area contributed by atoms with Crippen molar-refractivity contribution in [2.24, 2.45) is 0 Å². The molecule has 136 valence electrons. The van der Waals surface area contributed by atoms with Gasteiger partial charge < -0.3 is 14.5 Å². The quantitative estimate of drug-likeness (QED) is 0.831. The molecule has 0 N–H and O–H groups in total. The van der Waals surface area contributed by atoms with Crippen molar-refractivity contribution < 1.29 is 9.53 Å². The Bertz CT molecular complexity index is 835. The second-order valence-corrected chi connectivity index (χ2v) is 7.72. The number of rotatable bonds is 2. The van der Waals surface area contributed by atoms with Gasteiger partial charge in [-0.05, 0) is 50.3 Å². The van der Waals surface area contributed by atoms with E-state index in [0.717, 1.165) is 69.4 Å². The van der Waals surface area contributed by atoms with Gasteiger partial charge in [-0.3, -0.25) is 14.8 Å². The van der Waals surface area contributed by atoms with E-state index in [9.17, 15) is 4.79 Å². The molecule has 6 heteroatoms. The number of carbonyl (C=O) groups is 1. The largest absolute Gasteiger partial charge is 0.368 e. The molecule has 4 heterocycles. The highest BCUT2D eigenvalue weighted by Gasteiger charge is 2.49. The number of piperidine rings is 1. The van der Waals surface area contributed by atoms with Crippen molar-refractivity contribution >= 4 is 22.6 Å². The number of benzene rings is 1. The van der Waals surface area contributed by atoms with Gasteiger partial charge in [0, 0.05) is 44.3 Å². The van der Waals surface area contributed by atoms with Gasteiger partial charge in [0.15, 0.2) is 0 Å². The molecule has 0 radical (unpaired) electrons. The Balaban J connectivity index is 1.38. The minimum Gasteiger partial charge on any atom is -0.368 e. The Hall–Kier alpha value is -2.21. The SMILES string of the molecule is O=C([C@H]1CCCO1)N1CCC[C@@]2(CCN2c2ccc3nccnc3c2)C1. The Morgan fingerprint density at radius 1 is 1.12 bits per heavy atom. The van der Waals surface area contributed by atoms with Crippen LogP contribution in [0.1, 0.15) is 32.1 Å². The molecule has 1 amide bonds. The van der Waals surface area contributed by atoms with E-state index in [0.29, 0.717) is 0 Å². The van der Waals surface area contributed by atoms with Crippen LogP contribution in [-0.4, -0.2) is 58.7 Å².